The predicted octanol–water partition coefficient (Wildman–Crippen LogP) is 1.58. The first-order chi connectivity index (χ1) is 8.81. The Labute approximate surface area is 108 Å². The highest BCUT2D eigenvalue weighted by Gasteiger charge is 2.25. The van der Waals surface area contributed by atoms with Gasteiger partial charge in [-0.3, -0.25) is 4.90 Å². The molecule has 0 saturated carbocycles. The number of hydrogen-bond donors (Lipinski definition) is 2. The van der Waals surface area contributed by atoms with Gasteiger partial charge in [-0.25, -0.2) is 0 Å². The molecule has 0 radical (unpaired) electrons. The molecule has 1 heterocycles. The zero-order valence-electron chi connectivity index (χ0n) is 10.4. The SMILES string of the molecule is OC[C@@H]1C[C@H](/C=N/O)CN(Cc2ccccc2)C1. The molecule has 4 nitrogen and oxygen atoms in total. The minimum atomic E-state index is 0.195. The Morgan fingerprint density at radius 2 is 2.06 bits per heavy atom. The molecule has 18 heavy (non-hydrogen) atoms. The minimum absolute atomic E-state index is 0.195. The highest BCUT2D eigenvalue weighted by Crippen LogP contribution is 2.22. The number of nitrogens with zero attached hydrogens (tertiary/aromatic N) is 2. The third kappa shape index (κ3) is 3.55. The molecule has 4 heteroatoms. The summed E-state index contributed by atoms with van der Waals surface area (Å²) in [6.07, 6.45) is 2.48. The van der Waals surface area contributed by atoms with Gasteiger partial charge in [-0.15, -0.1) is 5.16 Å². The van der Waals surface area contributed by atoms with Gasteiger partial charge in [0.2, 0.25) is 0 Å². The van der Waals surface area contributed by atoms with Crippen LogP contribution in [-0.2, 0) is 6.54 Å². The number of oxime groups is 1. The fraction of sp³-hybridized carbons (Fsp3) is 0.500. The second-order valence-corrected chi connectivity index (χ2v) is 4.99. The molecule has 2 N–H and O–H groups in total. The van der Waals surface area contributed by atoms with Gasteiger partial charge in [-0.2, -0.15) is 0 Å². The lowest BCUT2D eigenvalue weighted by atomic mass is 9.90. The van der Waals surface area contributed by atoms with Crippen molar-refractivity contribution in [3.8, 4) is 0 Å². The zero-order chi connectivity index (χ0) is 12.8. The number of aliphatic hydroxyl groups is 1. The molecule has 98 valence electrons. The molecule has 1 fully saturated rings. The molecular weight excluding hydrogens is 228 g/mol. The van der Waals surface area contributed by atoms with Crippen molar-refractivity contribution >= 4 is 6.21 Å². The smallest absolute Gasteiger partial charge is 0.0479 e. The minimum Gasteiger partial charge on any atom is -0.411 e. The molecule has 0 bridgehead atoms. The Hall–Kier alpha value is -1.39. The number of benzene rings is 1. The lowest BCUT2D eigenvalue weighted by molar-refractivity contribution is 0.0994. The molecule has 2 rings (SSSR count). The molecule has 1 aliphatic heterocycles. The Bertz CT molecular complexity index is 381. The van der Waals surface area contributed by atoms with Crippen molar-refractivity contribution in [2.75, 3.05) is 19.7 Å². The van der Waals surface area contributed by atoms with Crippen molar-refractivity contribution in [3.63, 3.8) is 0 Å². The Morgan fingerprint density at radius 1 is 1.28 bits per heavy atom. The van der Waals surface area contributed by atoms with Crippen LogP contribution in [0.3, 0.4) is 0 Å². The Kier molecular flexibility index (Phi) is 4.73. The number of hydrogen-bond acceptors (Lipinski definition) is 4. The lowest BCUT2D eigenvalue weighted by Gasteiger charge is -2.35. The van der Waals surface area contributed by atoms with Gasteiger partial charge in [0.1, 0.15) is 0 Å². The summed E-state index contributed by atoms with van der Waals surface area (Å²) in [7, 11) is 0. The molecule has 1 aliphatic rings. The summed E-state index contributed by atoms with van der Waals surface area (Å²) in [5.74, 6) is 0.495. The maximum atomic E-state index is 9.33. The van der Waals surface area contributed by atoms with Crippen LogP contribution in [0, 0.1) is 11.8 Å². The molecule has 2 atom stereocenters. The van der Waals surface area contributed by atoms with Crippen LogP contribution in [-0.4, -0.2) is 41.1 Å². The van der Waals surface area contributed by atoms with E-state index in [0.29, 0.717) is 0 Å². The standard InChI is InChI=1S/C14H20N2O2/c17-11-14-6-13(7-15-18)9-16(10-14)8-12-4-2-1-3-5-12/h1-5,7,13-14,17-18H,6,8-11H2/b15-7+/t13-,14-/m1/s1. The molecule has 1 aromatic rings. The highest BCUT2D eigenvalue weighted by atomic mass is 16.4. The van der Waals surface area contributed by atoms with E-state index in [1.807, 2.05) is 18.2 Å². The van der Waals surface area contributed by atoms with E-state index in [0.717, 1.165) is 26.1 Å². The number of rotatable bonds is 4. The van der Waals surface area contributed by atoms with Crippen LogP contribution in [0.25, 0.3) is 0 Å². The van der Waals surface area contributed by atoms with Crippen molar-refractivity contribution in [1.82, 2.24) is 4.90 Å². The van der Waals surface area contributed by atoms with Crippen LogP contribution in [0.5, 0.6) is 0 Å². The molecule has 1 aromatic carbocycles. The van der Waals surface area contributed by atoms with E-state index in [-0.39, 0.29) is 18.4 Å². The Balaban J connectivity index is 1.98. The maximum absolute atomic E-state index is 9.33. The van der Waals surface area contributed by atoms with Crippen molar-refractivity contribution in [3.05, 3.63) is 35.9 Å². The number of piperidine rings is 1. The topological polar surface area (TPSA) is 56.1 Å². The normalized spacial score (nSPS) is 25.6. The monoisotopic (exact) mass is 248 g/mol. The second kappa shape index (κ2) is 6.52. The summed E-state index contributed by atoms with van der Waals surface area (Å²) in [4.78, 5) is 2.31. The van der Waals surface area contributed by atoms with Crippen LogP contribution in [0.15, 0.2) is 35.5 Å². The third-order valence-corrected chi connectivity index (χ3v) is 3.43. The van der Waals surface area contributed by atoms with Crippen LogP contribution in [0.1, 0.15) is 12.0 Å². The van der Waals surface area contributed by atoms with E-state index >= 15 is 0 Å². The fourth-order valence-electron chi connectivity index (χ4n) is 2.65. The average molecular weight is 248 g/mol. The van der Waals surface area contributed by atoms with Gasteiger partial charge in [-0.05, 0) is 17.9 Å². The first-order valence-electron chi connectivity index (χ1n) is 6.36. The number of aliphatic hydroxyl groups excluding tert-OH is 1. The zero-order valence-corrected chi connectivity index (χ0v) is 10.4. The van der Waals surface area contributed by atoms with Gasteiger partial charge < -0.3 is 10.3 Å². The van der Waals surface area contributed by atoms with Gasteiger partial charge in [0.25, 0.3) is 0 Å². The van der Waals surface area contributed by atoms with Crippen molar-refractivity contribution in [1.29, 1.82) is 0 Å². The number of likely N-dealkylation sites (tertiary alicyclic amines) is 1. The van der Waals surface area contributed by atoms with Crippen LogP contribution in [0.4, 0.5) is 0 Å². The van der Waals surface area contributed by atoms with Gasteiger partial charge in [0.15, 0.2) is 0 Å². The van der Waals surface area contributed by atoms with Crippen molar-refractivity contribution < 1.29 is 10.3 Å². The van der Waals surface area contributed by atoms with Crippen LogP contribution in [0.2, 0.25) is 0 Å². The summed E-state index contributed by atoms with van der Waals surface area (Å²) in [6, 6.07) is 10.3. The molecule has 0 aliphatic carbocycles. The maximum Gasteiger partial charge on any atom is 0.0479 e. The fourth-order valence-corrected chi connectivity index (χ4v) is 2.65. The third-order valence-electron chi connectivity index (χ3n) is 3.43. The molecule has 0 unspecified atom stereocenters. The largest absolute Gasteiger partial charge is 0.411 e. The van der Waals surface area contributed by atoms with E-state index < -0.39 is 0 Å². The average Bonchev–Trinajstić information content (AvgIpc) is 2.40. The summed E-state index contributed by atoms with van der Waals surface area (Å²) < 4.78 is 0. The van der Waals surface area contributed by atoms with Gasteiger partial charge in [0, 0.05) is 38.4 Å². The molecule has 0 amide bonds. The van der Waals surface area contributed by atoms with Crippen molar-refractivity contribution in [2.24, 2.45) is 17.0 Å². The van der Waals surface area contributed by atoms with E-state index in [9.17, 15) is 5.11 Å². The van der Waals surface area contributed by atoms with Crippen LogP contribution >= 0.6 is 0 Å². The van der Waals surface area contributed by atoms with Crippen molar-refractivity contribution in [2.45, 2.75) is 13.0 Å². The van der Waals surface area contributed by atoms with Gasteiger partial charge in [-0.1, -0.05) is 30.3 Å². The van der Waals surface area contributed by atoms with Gasteiger partial charge in [0.05, 0.1) is 0 Å². The van der Waals surface area contributed by atoms with Gasteiger partial charge >= 0.3 is 0 Å². The molecule has 0 aromatic heterocycles. The van der Waals surface area contributed by atoms with E-state index in [1.54, 1.807) is 6.21 Å². The molecule has 0 spiro atoms. The summed E-state index contributed by atoms with van der Waals surface area (Å²) >= 11 is 0. The second-order valence-electron chi connectivity index (χ2n) is 4.99. The van der Waals surface area contributed by atoms with E-state index in [4.69, 9.17) is 5.21 Å². The lowest BCUT2D eigenvalue weighted by Crippen LogP contribution is -2.41. The van der Waals surface area contributed by atoms with E-state index in [1.165, 1.54) is 5.56 Å². The summed E-state index contributed by atoms with van der Waals surface area (Å²) in [6.45, 7) is 2.87. The van der Waals surface area contributed by atoms with E-state index in [2.05, 4.69) is 22.2 Å². The predicted molar refractivity (Wildman–Crippen MR) is 70.7 cm³/mol. The summed E-state index contributed by atoms with van der Waals surface area (Å²) in [5, 5.41) is 21.1. The quantitative estimate of drug-likeness (QED) is 0.483. The molecular formula is C14H20N2O2. The first-order valence-corrected chi connectivity index (χ1v) is 6.36. The van der Waals surface area contributed by atoms with Crippen LogP contribution < -0.4 is 0 Å². The molecule has 1 saturated heterocycles. The summed E-state index contributed by atoms with van der Waals surface area (Å²) in [5.41, 5.74) is 1.27. The highest BCUT2D eigenvalue weighted by molar-refractivity contribution is 5.60. The Morgan fingerprint density at radius 3 is 2.72 bits per heavy atom. The first kappa shape index (κ1) is 13.1.